The molecule has 4 aromatic rings. The van der Waals surface area contributed by atoms with E-state index >= 15 is 0 Å². The summed E-state index contributed by atoms with van der Waals surface area (Å²) in [6, 6.07) is -1.03. The Bertz CT molecular complexity index is 3610. The van der Waals surface area contributed by atoms with Crippen LogP contribution in [0.2, 0.25) is 0 Å². The number of β-lactam (4-membered cyclic amide) rings is 2. The third kappa shape index (κ3) is 17.7. The first-order valence-corrected chi connectivity index (χ1v) is 31.9. The number of carboxylic acids is 4. The molecule has 0 saturated carbocycles. The number of carboxylic acid groups (broad SMARTS) is 4. The zero-order valence-electron chi connectivity index (χ0n) is 50.7. The number of Topliss-reactive ketones (excluding diaryl/α,β-unsaturated/α-hetero) is 2. The van der Waals surface area contributed by atoms with E-state index in [0.717, 1.165) is 32.9 Å². The highest BCUT2D eigenvalue weighted by Gasteiger charge is 2.56. The molecule has 4 aliphatic rings. The summed E-state index contributed by atoms with van der Waals surface area (Å²) in [5.41, 5.74) is 30.9. The van der Waals surface area contributed by atoms with Crippen molar-refractivity contribution in [1.82, 2.24) is 48.5 Å². The number of hydrogen-bond donors (Lipinski definition) is 14. The van der Waals surface area contributed by atoms with Crippen LogP contribution in [-0.4, -0.2) is 197 Å². The summed E-state index contributed by atoms with van der Waals surface area (Å²) in [5.74, 6) is -9.34. The quantitative estimate of drug-likeness (QED) is 0.00665. The summed E-state index contributed by atoms with van der Waals surface area (Å²) in [6.07, 6.45) is 2.28. The number of carbonyl (C=O) groups excluding carboxylic acids is 6. The van der Waals surface area contributed by atoms with E-state index in [4.69, 9.17) is 58.1 Å². The van der Waals surface area contributed by atoms with Gasteiger partial charge in [0, 0.05) is 84.7 Å². The average Bonchev–Trinajstić information content (AvgIpc) is 1.24. The van der Waals surface area contributed by atoms with Crippen LogP contribution < -0.4 is 70.3 Å². The number of nitrogens with one attached hydrogen (secondary N) is 4. The Morgan fingerprint density at radius 1 is 0.674 bits per heavy atom. The van der Waals surface area contributed by atoms with Crippen molar-refractivity contribution < 1.29 is 106 Å². The molecule has 95 heavy (non-hydrogen) atoms. The first kappa shape index (κ1) is 74.5. The van der Waals surface area contributed by atoms with Crippen LogP contribution in [0, 0.1) is 11.8 Å². The van der Waals surface area contributed by atoms with Gasteiger partial charge in [-0.25, -0.2) is 33.0 Å². The maximum Gasteiger partial charge on any atom is 0.352 e. The molecule has 6 amide bonds. The molecule has 20 N–H and O–H groups in total. The number of nitrogens with two attached hydrogens (primary N) is 6. The molecule has 4 aliphatic heterocycles. The lowest BCUT2D eigenvalue weighted by Crippen LogP contribution is -2.62. The number of thioether (sulfide) groups is 2. The molecule has 2 unspecified atom stereocenters. The Labute approximate surface area is 554 Å². The summed E-state index contributed by atoms with van der Waals surface area (Å²) in [7, 11) is 3.25. The van der Waals surface area contributed by atoms with Crippen molar-refractivity contribution in [3.05, 3.63) is 46.6 Å². The molecule has 516 valence electrons. The lowest BCUT2D eigenvalue weighted by molar-refractivity contribution is -0.765. The van der Waals surface area contributed by atoms with Crippen molar-refractivity contribution in [3.8, 4) is 0 Å². The normalized spacial score (nSPS) is 18.1. The number of urea groups is 2. The zero-order chi connectivity index (χ0) is 70.7. The van der Waals surface area contributed by atoms with Gasteiger partial charge in [0.05, 0.1) is 48.0 Å². The SMILES string of the molecule is Cn1c(N)c(NC(=O)NCCN)c[n+]1CC1=C(C(=O)O)N2C(=O)[C@@H](CC(=O)/C(=N\OC(C)(C)C(=O)O)c3nsc(N)n3)C2SC1.Cn1c(N)c(NC(=O)NCCN)c[n+]1CC1=C(C(=O)O)N2C(=O)[C@@H](CC(=O)/C(=N\OC(C)(C)C(=O)O)c3nsc(N)n3)[C@H]2SC1.O=S([O-])O[O-]. The van der Waals surface area contributed by atoms with Crippen LogP contribution in [-0.2, 0) is 90.9 Å². The van der Waals surface area contributed by atoms with Gasteiger partial charge in [-0.15, -0.1) is 42.3 Å². The van der Waals surface area contributed by atoms with Gasteiger partial charge in [-0.05, 0) is 27.7 Å². The summed E-state index contributed by atoms with van der Waals surface area (Å²) < 4.78 is 34.2. The number of oxime groups is 2. The molecule has 8 rings (SSSR count). The minimum absolute atomic E-state index is 0.0242. The fourth-order valence-electron chi connectivity index (χ4n) is 8.79. The molecule has 4 aromatic heterocycles. The maximum absolute atomic E-state index is 13.3. The summed E-state index contributed by atoms with van der Waals surface area (Å²) in [6.45, 7) is 5.99. The number of anilines is 6. The zero-order valence-corrected chi connectivity index (χ0v) is 54.8. The number of aromatic nitrogens is 8. The number of amides is 6. The number of nitrogen functional groups attached to an aromatic ring is 4. The molecule has 8 heterocycles. The van der Waals surface area contributed by atoms with E-state index in [1.165, 1.54) is 73.0 Å². The average molecular weight is 1430 g/mol. The smallest absolute Gasteiger partial charge is 0.352 e. The van der Waals surface area contributed by atoms with Crippen molar-refractivity contribution in [2.45, 2.75) is 75.6 Å². The third-order valence-corrected chi connectivity index (χ3v) is 17.8. The van der Waals surface area contributed by atoms with Crippen LogP contribution in [0.4, 0.5) is 42.9 Å². The number of rotatable bonds is 27. The number of hydrogen-bond acceptors (Lipinski definition) is 32. The predicted octanol–water partition coefficient (Wildman–Crippen LogP) is -4.88. The van der Waals surface area contributed by atoms with Gasteiger partial charge in [0.25, 0.3) is 0 Å². The van der Waals surface area contributed by atoms with Crippen molar-refractivity contribution >= 4 is 162 Å². The fraction of sp³-hybridized carbons (Fsp3) is 0.458. The minimum Gasteiger partial charge on any atom is -0.750 e. The fourth-order valence-corrected chi connectivity index (χ4v) is 12.5. The second kappa shape index (κ2) is 31.6. The van der Waals surface area contributed by atoms with E-state index in [2.05, 4.69) is 54.6 Å². The largest absolute Gasteiger partial charge is 0.750 e. The maximum atomic E-state index is 13.3. The van der Waals surface area contributed by atoms with Gasteiger partial charge < -0.3 is 89.3 Å². The Kier molecular flexibility index (Phi) is 24.8. The van der Waals surface area contributed by atoms with Crippen LogP contribution in [0.5, 0.6) is 0 Å². The van der Waals surface area contributed by atoms with E-state index in [-0.39, 0.29) is 107 Å². The van der Waals surface area contributed by atoms with Crippen LogP contribution in [0.25, 0.3) is 0 Å². The molecule has 0 aromatic carbocycles. The molecular weight excluding hydrogens is 1360 g/mol. The molecule has 0 radical (unpaired) electrons. The molecule has 0 bridgehead atoms. The summed E-state index contributed by atoms with van der Waals surface area (Å²) in [5, 5.41) is 63.9. The van der Waals surface area contributed by atoms with Gasteiger partial charge in [0.2, 0.25) is 47.1 Å². The van der Waals surface area contributed by atoms with Gasteiger partial charge in [0.15, 0.2) is 69.4 Å². The molecule has 42 nitrogen and oxygen atoms in total. The first-order chi connectivity index (χ1) is 44.6. The lowest BCUT2D eigenvalue weighted by Gasteiger charge is -2.49. The monoisotopic (exact) mass is 1430 g/mol. The van der Waals surface area contributed by atoms with Crippen LogP contribution in [0.15, 0.2) is 45.2 Å². The molecule has 5 atom stereocenters. The van der Waals surface area contributed by atoms with Crippen molar-refractivity contribution in [3.63, 3.8) is 0 Å². The standard InChI is InChI=1S/2C24H31N11O8S2.H2O4S/c2*1-24(2,21(40)41)43-31-14(17-30-22(27)45-32-17)13(36)6-11-18(37)35-15(20(38)39)10(9-44-19(11)35)7-34-8-12(16(26)33(34)3)29-23(42)28-5-4-25;1-4-5(2)3/h2*8,11,19,26H,4-7,9,25H2,1-3H3,(H6,27,28,29,30,32,38,39,40,41,42);1H,(H,2,3)/b2*31-14+;/t11-,19?;11-,19-;/m11./s1. The van der Waals surface area contributed by atoms with Gasteiger partial charge in [-0.2, -0.15) is 18.7 Å². The lowest BCUT2D eigenvalue weighted by atomic mass is 9.89. The Balaban J connectivity index is 0.000000281. The van der Waals surface area contributed by atoms with Gasteiger partial charge in [-0.3, -0.25) is 39.6 Å². The van der Waals surface area contributed by atoms with E-state index in [0.29, 0.717) is 11.1 Å². The summed E-state index contributed by atoms with van der Waals surface area (Å²) >= 11 is 1.23. The Morgan fingerprint density at radius 3 is 1.31 bits per heavy atom. The number of carbonyl (C=O) groups is 10. The van der Waals surface area contributed by atoms with Gasteiger partial charge >= 0.3 is 35.9 Å². The van der Waals surface area contributed by atoms with E-state index in [1.807, 2.05) is 0 Å². The van der Waals surface area contributed by atoms with Crippen molar-refractivity contribution in [1.29, 1.82) is 0 Å². The molecule has 47 heteroatoms. The van der Waals surface area contributed by atoms with E-state index in [9.17, 15) is 68.4 Å². The molecule has 2 saturated heterocycles. The summed E-state index contributed by atoms with van der Waals surface area (Å²) in [4.78, 5) is 146. The Morgan fingerprint density at radius 2 is 1.02 bits per heavy atom. The highest BCUT2D eigenvalue weighted by atomic mass is 32.2. The number of nitrogens with zero attached hydrogens (tertiary/aromatic N) is 12. The van der Waals surface area contributed by atoms with Crippen LogP contribution in [0.1, 0.15) is 52.2 Å². The van der Waals surface area contributed by atoms with Gasteiger partial charge in [-0.1, -0.05) is 10.3 Å². The second-order valence-corrected chi connectivity index (χ2v) is 25.4. The van der Waals surface area contributed by atoms with Gasteiger partial charge in [0.1, 0.15) is 11.4 Å². The molecule has 2 fully saturated rings. The molecule has 0 spiro atoms. The van der Waals surface area contributed by atoms with E-state index in [1.54, 1.807) is 23.5 Å². The van der Waals surface area contributed by atoms with Crippen LogP contribution >= 0.6 is 46.6 Å². The number of fused-ring (bicyclic) bond motifs is 2. The van der Waals surface area contributed by atoms with Crippen molar-refractivity contribution in [2.24, 2.45) is 47.7 Å². The predicted molar refractivity (Wildman–Crippen MR) is 331 cm³/mol. The highest BCUT2D eigenvalue weighted by molar-refractivity contribution is 8.00. The number of ketones is 2. The molecular formula is C48H64N22O20S5. The second-order valence-electron chi connectivity index (χ2n) is 21.1. The highest BCUT2D eigenvalue weighted by Crippen LogP contribution is 2.47. The Hall–Kier alpha value is -9.49. The van der Waals surface area contributed by atoms with Crippen molar-refractivity contribution in [2.75, 3.05) is 71.3 Å². The third-order valence-electron chi connectivity index (χ3n) is 13.8. The topological polar surface area (TPSA) is 647 Å². The molecule has 0 aliphatic carbocycles. The minimum atomic E-state index is -2.88. The van der Waals surface area contributed by atoms with Crippen LogP contribution in [0.3, 0.4) is 0 Å². The first-order valence-electron chi connectivity index (χ1n) is 27.2. The number of aliphatic carboxylic acids is 4. The van der Waals surface area contributed by atoms with E-state index < -0.39 is 129 Å².